The number of nitrogens with zero attached hydrogens (tertiary/aromatic N) is 1. The number of ether oxygens (including phenoxy) is 2. The van der Waals surface area contributed by atoms with Gasteiger partial charge >= 0.3 is 6.15 Å². The van der Waals surface area contributed by atoms with Crippen LogP contribution in [0.15, 0.2) is 0 Å². The molecule has 0 saturated heterocycles. The maximum Gasteiger partial charge on any atom is 0.373 e. The predicted octanol–water partition coefficient (Wildman–Crippen LogP) is 0.857. The van der Waals surface area contributed by atoms with Crippen molar-refractivity contribution in [2.45, 2.75) is 39.5 Å². The number of carbonyl (C=O) groups excluding carboxylic acids is 2. The van der Waals surface area contributed by atoms with Crippen molar-refractivity contribution in [3.05, 3.63) is 10.1 Å². The molecule has 0 rings (SSSR count). The van der Waals surface area contributed by atoms with Crippen LogP contribution < -0.4 is 0 Å². The van der Waals surface area contributed by atoms with Gasteiger partial charge in [-0.15, -0.1) is 0 Å². The van der Waals surface area contributed by atoms with Crippen LogP contribution in [0.25, 0.3) is 0 Å². The van der Waals surface area contributed by atoms with Gasteiger partial charge in [0.1, 0.15) is 0 Å². The lowest BCUT2D eigenvalue weighted by atomic mass is 10.2. The minimum absolute atomic E-state index is 0.250. The molecule has 0 N–H and O–H groups in total. The molecular formula is C9H17NO6. The molecule has 0 aliphatic heterocycles. The molecule has 0 aliphatic rings. The monoisotopic (exact) mass is 235 g/mol. The summed E-state index contributed by atoms with van der Waals surface area (Å²) in [7, 11) is 0. The Kier molecular flexibility index (Phi) is 12.6. The molecule has 94 valence electrons. The molecule has 0 fully saturated rings. The van der Waals surface area contributed by atoms with E-state index in [0.29, 0.717) is 19.6 Å². The Labute approximate surface area is 93.9 Å². The predicted molar refractivity (Wildman–Crippen MR) is 53.1 cm³/mol. The van der Waals surface area contributed by atoms with Crippen LogP contribution in [-0.4, -0.2) is 36.6 Å². The lowest BCUT2D eigenvalue weighted by molar-refractivity contribution is -0.549. The Hall–Kier alpha value is -1.30. The third-order valence-corrected chi connectivity index (χ3v) is 1.67. The van der Waals surface area contributed by atoms with E-state index in [0.717, 1.165) is 0 Å². The van der Waals surface area contributed by atoms with Crippen molar-refractivity contribution in [1.82, 2.24) is 0 Å². The van der Waals surface area contributed by atoms with E-state index in [4.69, 9.17) is 19.1 Å². The van der Waals surface area contributed by atoms with Gasteiger partial charge in [-0.2, -0.15) is 9.59 Å². The average Bonchev–Trinajstić information content (AvgIpc) is 2.20. The highest BCUT2D eigenvalue weighted by Gasteiger charge is 2.30. The quantitative estimate of drug-likeness (QED) is 0.369. The first-order valence-electron chi connectivity index (χ1n) is 4.94. The van der Waals surface area contributed by atoms with Crippen LogP contribution in [0.1, 0.15) is 27.2 Å². The minimum Gasteiger partial charge on any atom is -0.347 e. The fourth-order valence-electron chi connectivity index (χ4n) is 1.04. The molecule has 0 amide bonds. The fourth-order valence-corrected chi connectivity index (χ4v) is 1.04. The van der Waals surface area contributed by atoms with Crippen molar-refractivity contribution in [2.24, 2.45) is 0 Å². The van der Waals surface area contributed by atoms with E-state index in [1.54, 1.807) is 20.8 Å². The highest BCUT2D eigenvalue weighted by atomic mass is 16.7. The SMILES string of the molecule is CCOC(OCC)C(CC)[N+](=O)[O-].O=C=O. The zero-order valence-corrected chi connectivity index (χ0v) is 9.67. The van der Waals surface area contributed by atoms with Gasteiger partial charge in [-0.3, -0.25) is 10.1 Å². The topological polar surface area (TPSA) is 95.7 Å². The molecular weight excluding hydrogens is 218 g/mol. The molecule has 0 heterocycles. The van der Waals surface area contributed by atoms with Gasteiger partial charge in [0.2, 0.25) is 6.29 Å². The largest absolute Gasteiger partial charge is 0.373 e. The number of nitro groups is 1. The molecule has 0 aromatic heterocycles. The normalized spacial score (nSPS) is 11.2. The van der Waals surface area contributed by atoms with E-state index in [1.165, 1.54) is 0 Å². The summed E-state index contributed by atoms with van der Waals surface area (Å²) in [5.74, 6) is 0. The lowest BCUT2D eigenvalue weighted by Crippen LogP contribution is -2.37. The third kappa shape index (κ3) is 8.05. The van der Waals surface area contributed by atoms with Crippen LogP contribution in [-0.2, 0) is 19.1 Å². The second-order valence-corrected chi connectivity index (χ2v) is 2.62. The van der Waals surface area contributed by atoms with Gasteiger partial charge in [-0.05, 0) is 13.8 Å². The summed E-state index contributed by atoms with van der Waals surface area (Å²) in [6.07, 6.45) is -0.0486. The Morgan fingerprint density at radius 1 is 1.19 bits per heavy atom. The zero-order valence-electron chi connectivity index (χ0n) is 9.67. The summed E-state index contributed by atoms with van der Waals surface area (Å²) < 4.78 is 10.3. The van der Waals surface area contributed by atoms with Gasteiger partial charge in [0, 0.05) is 24.6 Å². The average molecular weight is 235 g/mol. The Morgan fingerprint density at radius 2 is 1.56 bits per heavy atom. The van der Waals surface area contributed by atoms with Gasteiger partial charge < -0.3 is 9.47 Å². The van der Waals surface area contributed by atoms with Gasteiger partial charge in [0.25, 0.3) is 6.04 Å². The Bertz CT molecular complexity index is 208. The van der Waals surface area contributed by atoms with Crippen molar-refractivity contribution in [3.63, 3.8) is 0 Å². The zero-order chi connectivity index (χ0) is 13.0. The molecule has 1 atom stereocenters. The summed E-state index contributed by atoms with van der Waals surface area (Å²) in [5, 5.41) is 10.6. The maximum atomic E-state index is 10.6. The second-order valence-electron chi connectivity index (χ2n) is 2.62. The lowest BCUT2D eigenvalue weighted by Gasteiger charge is -2.19. The molecule has 0 aromatic carbocycles. The van der Waals surface area contributed by atoms with E-state index in [-0.39, 0.29) is 11.1 Å². The summed E-state index contributed by atoms with van der Waals surface area (Å²) in [6.45, 7) is 6.18. The first-order valence-corrected chi connectivity index (χ1v) is 4.94. The molecule has 0 aliphatic carbocycles. The number of hydrogen-bond donors (Lipinski definition) is 0. The minimum atomic E-state index is -0.764. The maximum absolute atomic E-state index is 10.6. The van der Waals surface area contributed by atoms with Crippen LogP contribution in [0.4, 0.5) is 0 Å². The van der Waals surface area contributed by atoms with Crippen LogP contribution in [0.2, 0.25) is 0 Å². The van der Waals surface area contributed by atoms with E-state index < -0.39 is 12.3 Å². The van der Waals surface area contributed by atoms with Crippen LogP contribution >= 0.6 is 0 Å². The van der Waals surface area contributed by atoms with Crippen LogP contribution in [0.5, 0.6) is 0 Å². The second kappa shape index (κ2) is 11.8. The highest BCUT2D eigenvalue weighted by molar-refractivity contribution is 5.20. The highest BCUT2D eigenvalue weighted by Crippen LogP contribution is 2.08. The van der Waals surface area contributed by atoms with Crippen molar-refractivity contribution in [1.29, 1.82) is 0 Å². The molecule has 7 heteroatoms. The van der Waals surface area contributed by atoms with Gasteiger partial charge in [-0.1, -0.05) is 6.92 Å². The van der Waals surface area contributed by atoms with Crippen molar-refractivity contribution >= 4 is 6.15 Å². The van der Waals surface area contributed by atoms with Crippen molar-refractivity contribution in [2.75, 3.05) is 13.2 Å². The summed E-state index contributed by atoms with van der Waals surface area (Å²) in [6, 6.07) is -0.764. The van der Waals surface area contributed by atoms with Gasteiger partial charge in [0.05, 0.1) is 0 Å². The van der Waals surface area contributed by atoms with Gasteiger partial charge in [0.15, 0.2) is 0 Å². The van der Waals surface area contributed by atoms with E-state index in [1.807, 2.05) is 0 Å². The summed E-state index contributed by atoms with van der Waals surface area (Å²) >= 11 is 0. The van der Waals surface area contributed by atoms with Crippen molar-refractivity contribution in [3.8, 4) is 0 Å². The third-order valence-electron chi connectivity index (χ3n) is 1.67. The Balaban J connectivity index is 0. The van der Waals surface area contributed by atoms with E-state index >= 15 is 0 Å². The molecule has 1 unspecified atom stereocenters. The molecule has 0 spiro atoms. The summed E-state index contributed by atoms with van der Waals surface area (Å²) in [5.41, 5.74) is 0. The standard InChI is InChI=1S/C8H17NO4.CO2/c1-4-7(9(10)11)8(12-5-2)13-6-3;2-1-3/h7-8H,4-6H2,1-3H3;. The van der Waals surface area contributed by atoms with Crippen molar-refractivity contribution < 1.29 is 24.0 Å². The Morgan fingerprint density at radius 3 is 1.75 bits per heavy atom. The van der Waals surface area contributed by atoms with Crippen LogP contribution in [0.3, 0.4) is 0 Å². The fraction of sp³-hybridized carbons (Fsp3) is 0.889. The molecule has 7 nitrogen and oxygen atoms in total. The van der Waals surface area contributed by atoms with Crippen LogP contribution in [0, 0.1) is 10.1 Å². The molecule has 0 radical (unpaired) electrons. The summed E-state index contributed by atoms with van der Waals surface area (Å²) in [4.78, 5) is 26.5. The van der Waals surface area contributed by atoms with Gasteiger partial charge in [-0.25, -0.2) is 0 Å². The first kappa shape index (κ1) is 17.1. The molecule has 0 bridgehead atoms. The molecule has 0 aromatic rings. The number of rotatable bonds is 7. The van der Waals surface area contributed by atoms with E-state index in [2.05, 4.69) is 0 Å². The number of hydrogen-bond acceptors (Lipinski definition) is 6. The molecule has 0 saturated carbocycles. The smallest absolute Gasteiger partial charge is 0.347 e. The first-order chi connectivity index (χ1) is 7.58. The molecule has 16 heavy (non-hydrogen) atoms. The van der Waals surface area contributed by atoms with E-state index in [9.17, 15) is 10.1 Å².